The molecule has 10 heteroatoms. The monoisotopic (exact) mass is 475 g/mol. The van der Waals surface area contributed by atoms with Gasteiger partial charge >= 0.3 is 0 Å². The van der Waals surface area contributed by atoms with Gasteiger partial charge in [0.1, 0.15) is 18.2 Å². The van der Waals surface area contributed by atoms with E-state index in [1.165, 1.54) is 11.3 Å². The predicted octanol–water partition coefficient (Wildman–Crippen LogP) is 2.11. The Labute approximate surface area is 201 Å². The van der Waals surface area contributed by atoms with Gasteiger partial charge in [-0.3, -0.25) is 14.3 Å². The summed E-state index contributed by atoms with van der Waals surface area (Å²) < 4.78 is 1.73. The standard InChI is InChI=1S/C24H25N7O2S/c1-29-21-18(15-27-29)22(26-16-25-21)30-9-11-31(12-10-30)24(33)19(14-17-6-3-2-4-7-17)28-23(32)20-8-5-13-34-20/h2-8,13,15-16,19H,9-12,14H2,1H3,(H,28,32). The summed E-state index contributed by atoms with van der Waals surface area (Å²) in [6.07, 6.45) is 3.77. The first kappa shape index (κ1) is 22.0. The van der Waals surface area contributed by atoms with Gasteiger partial charge in [0.2, 0.25) is 5.91 Å². The number of rotatable bonds is 6. The number of carbonyl (C=O) groups is 2. The molecule has 174 valence electrons. The molecular formula is C24H25N7O2S. The van der Waals surface area contributed by atoms with Crippen molar-refractivity contribution in [1.29, 1.82) is 0 Å². The number of aryl methyl sites for hydroxylation is 1. The number of hydrogen-bond donors (Lipinski definition) is 1. The summed E-state index contributed by atoms with van der Waals surface area (Å²) in [4.78, 5) is 39.7. The molecule has 34 heavy (non-hydrogen) atoms. The zero-order valence-electron chi connectivity index (χ0n) is 18.8. The van der Waals surface area contributed by atoms with E-state index in [0.29, 0.717) is 37.5 Å². The van der Waals surface area contributed by atoms with E-state index in [2.05, 4.69) is 25.3 Å². The number of aromatic nitrogens is 4. The molecule has 1 unspecified atom stereocenters. The summed E-state index contributed by atoms with van der Waals surface area (Å²) in [5.74, 6) is 0.544. The lowest BCUT2D eigenvalue weighted by molar-refractivity contribution is -0.133. The minimum atomic E-state index is -0.632. The van der Waals surface area contributed by atoms with Crippen molar-refractivity contribution in [1.82, 2.24) is 30.0 Å². The molecule has 4 aromatic rings. The predicted molar refractivity (Wildman–Crippen MR) is 131 cm³/mol. The van der Waals surface area contributed by atoms with Gasteiger partial charge in [-0.25, -0.2) is 9.97 Å². The Bertz CT molecular complexity index is 1280. The molecule has 1 N–H and O–H groups in total. The van der Waals surface area contributed by atoms with Gasteiger partial charge in [-0.2, -0.15) is 5.10 Å². The normalized spacial score (nSPS) is 14.9. The molecule has 1 saturated heterocycles. The fraction of sp³-hybridized carbons (Fsp3) is 0.292. The van der Waals surface area contributed by atoms with Crippen LogP contribution in [0.2, 0.25) is 0 Å². The molecule has 1 aliphatic heterocycles. The second-order valence-corrected chi connectivity index (χ2v) is 9.16. The number of amides is 2. The maximum absolute atomic E-state index is 13.5. The van der Waals surface area contributed by atoms with Gasteiger partial charge in [0.25, 0.3) is 5.91 Å². The quantitative estimate of drug-likeness (QED) is 0.459. The summed E-state index contributed by atoms with van der Waals surface area (Å²) in [6, 6.07) is 12.7. The van der Waals surface area contributed by atoms with Crippen LogP contribution >= 0.6 is 11.3 Å². The van der Waals surface area contributed by atoms with Gasteiger partial charge in [0.05, 0.1) is 16.5 Å². The second-order valence-electron chi connectivity index (χ2n) is 8.21. The Hall–Kier alpha value is -3.79. The molecule has 3 aromatic heterocycles. The van der Waals surface area contributed by atoms with E-state index < -0.39 is 6.04 Å². The topological polar surface area (TPSA) is 96.2 Å². The highest BCUT2D eigenvalue weighted by atomic mass is 32.1. The van der Waals surface area contributed by atoms with Crippen molar-refractivity contribution in [2.45, 2.75) is 12.5 Å². The maximum Gasteiger partial charge on any atom is 0.262 e. The van der Waals surface area contributed by atoms with Gasteiger partial charge in [-0.05, 0) is 17.0 Å². The highest BCUT2D eigenvalue weighted by Gasteiger charge is 2.30. The van der Waals surface area contributed by atoms with Crippen LogP contribution in [0.25, 0.3) is 11.0 Å². The Kier molecular flexibility index (Phi) is 6.22. The third-order valence-corrected chi connectivity index (χ3v) is 6.90. The van der Waals surface area contributed by atoms with Crippen LogP contribution in [0.4, 0.5) is 5.82 Å². The molecule has 5 rings (SSSR count). The summed E-state index contributed by atoms with van der Waals surface area (Å²) in [5.41, 5.74) is 1.79. The highest BCUT2D eigenvalue weighted by Crippen LogP contribution is 2.23. The van der Waals surface area contributed by atoms with Crippen molar-refractivity contribution in [3.63, 3.8) is 0 Å². The third kappa shape index (κ3) is 4.49. The Balaban J connectivity index is 1.30. The van der Waals surface area contributed by atoms with Crippen molar-refractivity contribution in [2.24, 2.45) is 7.05 Å². The van der Waals surface area contributed by atoms with Crippen molar-refractivity contribution in [2.75, 3.05) is 31.1 Å². The molecule has 0 aliphatic carbocycles. The average Bonchev–Trinajstić information content (AvgIpc) is 3.55. The van der Waals surface area contributed by atoms with Crippen LogP contribution in [0.5, 0.6) is 0 Å². The Morgan fingerprint density at radius 3 is 2.59 bits per heavy atom. The molecule has 9 nitrogen and oxygen atoms in total. The summed E-state index contributed by atoms with van der Waals surface area (Å²) in [7, 11) is 1.85. The summed E-state index contributed by atoms with van der Waals surface area (Å²) >= 11 is 1.36. The third-order valence-electron chi connectivity index (χ3n) is 6.03. The number of benzene rings is 1. The van der Waals surface area contributed by atoms with Crippen LogP contribution in [0.15, 0.2) is 60.4 Å². The van der Waals surface area contributed by atoms with Crippen molar-refractivity contribution in [3.05, 3.63) is 70.8 Å². The molecule has 0 saturated carbocycles. The van der Waals surface area contributed by atoms with E-state index in [-0.39, 0.29) is 11.8 Å². The first-order valence-corrected chi connectivity index (χ1v) is 12.0. The smallest absolute Gasteiger partial charge is 0.262 e. The van der Waals surface area contributed by atoms with Crippen molar-refractivity contribution >= 4 is 40.0 Å². The molecule has 1 aliphatic rings. The average molecular weight is 476 g/mol. The molecular weight excluding hydrogens is 450 g/mol. The Morgan fingerprint density at radius 1 is 1.06 bits per heavy atom. The number of nitrogens with one attached hydrogen (secondary N) is 1. The number of anilines is 1. The zero-order chi connectivity index (χ0) is 23.5. The fourth-order valence-corrected chi connectivity index (χ4v) is 4.87. The van der Waals surface area contributed by atoms with Gasteiger partial charge in [-0.1, -0.05) is 36.4 Å². The number of thiophene rings is 1. The fourth-order valence-electron chi connectivity index (χ4n) is 4.25. The lowest BCUT2D eigenvalue weighted by Crippen LogP contribution is -2.55. The highest BCUT2D eigenvalue weighted by molar-refractivity contribution is 7.12. The molecule has 1 atom stereocenters. The molecule has 1 aromatic carbocycles. The summed E-state index contributed by atoms with van der Waals surface area (Å²) in [5, 5.41) is 10.0. The van der Waals surface area contributed by atoms with Crippen LogP contribution in [0.1, 0.15) is 15.2 Å². The van der Waals surface area contributed by atoms with E-state index in [1.54, 1.807) is 23.3 Å². The minimum absolute atomic E-state index is 0.0670. The maximum atomic E-state index is 13.5. The van der Waals surface area contributed by atoms with Crippen LogP contribution in [0.3, 0.4) is 0 Å². The van der Waals surface area contributed by atoms with E-state index in [4.69, 9.17) is 0 Å². The van der Waals surface area contributed by atoms with Crippen LogP contribution in [-0.2, 0) is 18.3 Å². The van der Waals surface area contributed by atoms with Crippen molar-refractivity contribution < 1.29 is 9.59 Å². The number of piperazine rings is 1. The minimum Gasteiger partial charge on any atom is -0.352 e. The van der Waals surface area contributed by atoms with E-state index in [1.807, 2.05) is 53.7 Å². The summed E-state index contributed by atoms with van der Waals surface area (Å²) in [6.45, 7) is 2.38. The number of carbonyl (C=O) groups excluding carboxylic acids is 2. The van der Waals surface area contributed by atoms with Crippen molar-refractivity contribution in [3.8, 4) is 0 Å². The molecule has 4 heterocycles. The van der Waals surface area contributed by atoms with Crippen LogP contribution in [0, 0.1) is 0 Å². The molecule has 0 spiro atoms. The lowest BCUT2D eigenvalue weighted by Gasteiger charge is -2.37. The second kappa shape index (κ2) is 9.60. The molecule has 0 bridgehead atoms. The largest absolute Gasteiger partial charge is 0.352 e. The van der Waals surface area contributed by atoms with Gasteiger partial charge in [-0.15, -0.1) is 11.3 Å². The van der Waals surface area contributed by atoms with Crippen LogP contribution < -0.4 is 10.2 Å². The first-order valence-electron chi connectivity index (χ1n) is 11.1. The molecule has 1 fully saturated rings. The molecule has 2 amide bonds. The number of hydrogen-bond acceptors (Lipinski definition) is 7. The Morgan fingerprint density at radius 2 is 1.85 bits per heavy atom. The zero-order valence-corrected chi connectivity index (χ0v) is 19.6. The number of nitrogens with zero attached hydrogens (tertiary/aromatic N) is 6. The van der Waals surface area contributed by atoms with Crippen LogP contribution in [-0.4, -0.2) is 68.7 Å². The molecule has 0 radical (unpaired) electrons. The van der Waals surface area contributed by atoms with E-state index in [9.17, 15) is 9.59 Å². The van der Waals surface area contributed by atoms with E-state index in [0.717, 1.165) is 22.4 Å². The van der Waals surface area contributed by atoms with Gasteiger partial charge in [0.15, 0.2) is 5.65 Å². The first-order chi connectivity index (χ1) is 16.6. The van der Waals surface area contributed by atoms with Gasteiger partial charge < -0.3 is 15.1 Å². The SMILES string of the molecule is Cn1ncc2c(N3CCN(C(=O)C(Cc4ccccc4)NC(=O)c4cccs4)CC3)ncnc21. The number of fused-ring (bicyclic) bond motifs is 1. The van der Waals surface area contributed by atoms with Gasteiger partial charge in [0, 0.05) is 39.6 Å². The van der Waals surface area contributed by atoms with E-state index >= 15 is 0 Å². The lowest BCUT2D eigenvalue weighted by atomic mass is 10.0.